The highest BCUT2D eigenvalue weighted by atomic mass is 15.2. The molecule has 0 bridgehead atoms. The summed E-state index contributed by atoms with van der Waals surface area (Å²) in [5, 5.41) is 3.66. The van der Waals surface area contributed by atoms with Crippen LogP contribution in [0.2, 0.25) is 0 Å². The molecule has 0 radical (unpaired) electrons. The van der Waals surface area contributed by atoms with Crippen LogP contribution in [0.25, 0.3) is 0 Å². The molecule has 16 heavy (non-hydrogen) atoms. The molecule has 0 aromatic heterocycles. The number of rotatable bonds is 6. The smallest absolute Gasteiger partial charge is 0.0221 e. The molecule has 3 atom stereocenters. The summed E-state index contributed by atoms with van der Waals surface area (Å²) < 4.78 is 0. The van der Waals surface area contributed by atoms with Crippen molar-refractivity contribution in [3.05, 3.63) is 0 Å². The van der Waals surface area contributed by atoms with Gasteiger partial charge in [0.25, 0.3) is 0 Å². The Balaban J connectivity index is 2.32. The van der Waals surface area contributed by atoms with Gasteiger partial charge in [0, 0.05) is 32.2 Å². The summed E-state index contributed by atoms with van der Waals surface area (Å²) in [6, 6.07) is 0.715. The lowest BCUT2D eigenvalue weighted by atomic mass is 9.96. The van der Waals surface area contributed by atoms with Crippen LogP contribution in [0.5, 0.6) is 0 Å². The third-order valence-electron chi connectivity index (χ3n) is 3.97. The first-order valence-electron chi connectivity index (χ1n) is 7.13. The number of hydrogen-bond acceptors (Lipinski definition) is 2. The van der Waals surface area contributed by atoms with Crippen molar-refractivity contribution in [3.8, 4) is 0 Å². The van der Waals surface area contributed by atoms with Gasteiger partial charge >= 0.3 is 0 Å². The van der Waals surface area contributed by atoms with Crippen LogP contribution >= 0.6 is 0 Å². The Morgan fingerprint density at radius 3 is 2.69 bits per heavy atom. The standard InChI is InChI=1S/C14H30N2/c1-5-7-12(3)10-16-9-8-15-14(11-16)13(4)6-2/h12-15H,5-11H2,1-4H3. The van der Waals surface area contributed by atoms with Gasteiger partial charge in [0.1, 0.15) is 0 Å². The lowest BCUT2D eigenvalue weighted by Crippen LogP contribution is -2.53. The van der Waals surface area contributed by atoms with Gasteiger partial charge in [-0.1, -0.05) is 40.5 Å². The van der Waals surface area contributed by atoms with Crippen molar-refractivity contribution in [3.63, 3.8) is 0 Å². The molecule has 1 rings (SSSR count). The fraction of sp³-hybridized carbons (Fsp3) is 1.00. The summed E-state index contributed by atoms with van der Waals surface area (Å²) in [6.45, 7) is 14.3. The normalized spacial score (nSPS) is 26.6. The maximum Gasteiger partial charge on any atom is 0.0221 e. The average molecular weight is 226 g/mol. The third-order valence-corrected chi connectivity index (χ3v) is 3.97. The van der Waals surface area contributed by atoms with Crippen LogP contribution in [-0.4, -0.2) is 37.1 Å². The number of hydrogen-bond donors (Lipinski definition) is 1. The molecule has 1 aliphatic rings. The van der Waals surface area contributed by atoms with E-state index < -0.39 is 0 Å². The molecule has 0 amide bonds. The van der Waals surface area contributed by atoms with E-state index in [1.807, 2.05) is 0 Å². The predicted octanol–water partition coefficient (Wildman–Crippen LogP) is 2.74. The summed E-state index contributed by atoms with van der Waals surface area (Å²) in [6.07, 6.45) is 3.98. The molecule has 1 fully saturated rings. The van der Waals surface area contributed by atoms with Crippen LogP contribution in [-0.2, 0) is 0 Å². The van der Waals surface area contributed by atoms with E-state index in [0.29, 0.717) is 6.04 Å². The van der Waals surface area contributed by atoms with Gasteiger partial charge < -0.3 is 10.2 Å². The second-order valence-corrected chi connectivity index (χ2v) is 5.60. The summed E-state index contributed by atoms with van der Waals surface area (Å²) in [5.41, 5.74) is 0. The molecule has 0 spiro atoms. The van der Waals surface area contributed by atoms with Crippen LogP contribution < -0.4 is 5.32 Å². The van der Waals surface area contributed by atoms with Gasteiger partial charge in [0.05, 0.1) is 0 Å². The van der Waals surface area contributed by atoms with E-state index in [0.717, 1.165) is 11.8 Å². The Labute approximate surface area is 102 Å². The summed E-state index contributed by atoms with van der Waals surface area (Å²) >= 11 is 0. The largest absolute Gasteiger partial charge is 0.311 e. The molecular weight excluding hydrogens is 196 g/mol. The molecule has 3 unspecified atom stereocenters. The van der Waals surface area contributed by atoms with E-state index in [2.05, 4.69) is 37.9 Å². The zero-order chi connectivity index (χ0) is 12.0. The van der Waals surface area contributed by atoms with Crippen LogP contribution in [0.4, 0.5) is 0 Å². The Bertz CT molecular complexity index is 182. The van der Waals surface area contributed by atoms with Gasteiger partial charge in [-0.25, -0.2) is 0 Å². The van der Waals surface area contributed by atoms with Crippen LogP contribution in [0.15, 0.2) is 0 Å². The Hall–Kier alpha value is -0.0800. The van der Waals surface area contributed by atoms with Crippen LogP contribution in [0.3, 0.4) is 0 Å². The first-order valence-corrected chi connectivity index (χ1v) is 7.13. The molecule has 2 heteroatoms. The van der Waals surface area contributed by atoms with Crippen molar-refractivity contribution >= 4 is 0 Å². The fourth-order valence-corrected chi connectivity index (χ4v) is 2.70. The van der Waals surface area contributed by atoms with Gasteiger partial charge in [0.2, 0.25) is 0 Å². The van der Waals surface area contributed by atoms with E-state index >= 15 is 0 Å². The first-order chi connectivity index (χ1) is 7.67. The van der Waals surface area contributed by atoms with Crippen LogP contribution in [0.1, 0.15) is 47.0 Å². The summed E-state index contributed by atoms with van der Waals surface area (Å²) in [7, 11) is 0. The van der Waals surface area contributed by atoms with E-state index in [1.54, 1.807) is 0 Å². The number of piperazine rings is 1. The molecule has 1 N–H and O–H groups in total. The lowest BCUT2D eigenvalue weighted by Gasteiger charge is -2.37. The Morgan fingerprint density at radius 2 is 2.06 bits per heavy atom. The maximum atomic E-state index is 3.66. The van der Waals surface area contributed by atoms with Gasteiger partial charge in [-0.2, -0.15) is 0 Å². The minimum atomic E-state index is 0.715. The highest BCUT2D eigenvalue weighted by Crippen LogP contribution is 2.14. The second-order valence-electron chi connectivity index (χ2n) is 5.60. The van der Waals surface area contributed by atoms with Crippen LogP contribution in [0, 0.1) is 11.8 Å². The lowest BCUT2D eigenvalue weighted by molar-refractivity contribution is 0.149. The maximum absolute atomic E-state index is 3.66. The Kier molecular flexibility index (Phi) is 6.37. The molecule has 2 nitrogen and oxygen atoms in total. The van der Waals surface area contributed by atoms with Gasteiger partial charge in [0.15, 0.2) is 0 Å². The monoisotopic (exact) mass is 226 g/mol. The second kappa shape index (κ2) is 7.29. The minimum Gasteiger partial charge on any atom is -0.311 e. The highest BCUT2D eigenvalue weighted by Gasteiger charge is 2.23. The molecule has 1 saturated heterocycles. The van der Waals surface area contributed by atoms with Crippen molar-refractivity contribution in [2.45, 2.75) is 53.0 Å². The first kappa shape index (κ1) is 14.0. The molecule has 1 aliphatic heterocycles. The predicted molar refractivity (Wildman–Crippen MR) is 71.8 cm³/mol. The van der Waals surface area contributed by atoms with Crippen molar-refractivity contribution in [2.24, 2.45) is 11.8 Å². The summed E-state index contributed by atoms with van der Waals surface area (Å²) in [5.74, 6) is 1.67. The zero-order valence-corrected chi connectivity index (χ0v) is 11.6. The number of nitrogens with zero attached hydrogens (tertiary/aromatic N) is 1. The average Bonchev–Trinajstić information content (AvgIpc) is 2.28. The Morgan fingerprint density at radius 1 is 1.31 bits per heavy atom. The zero-order valence-electron chi connectivity index (χ0n) is 11.6. The molecule has 0 aromatic rings. The highest BCUT2D eigenvalue weighted by molar-refractivity contribution is 4.82. The number of nitrogens with one attached hydrogen (secondary N) is 1. The van der Waals surface area contributed by atoms with E-state index in [-0.39, 0.29) is 0 Å². The van der Waals surface area contributed by atoms with Crippen molar-refractivity contribution in [1.82, 2.24) is 10.2 Å². The molecular formula is C14H30N2. The summed E-state index contributed by atoms with van der Waals surface area (Å²) in [4.78, 5) is 2.66. The van der Waals surface area contributed by atoms with Crippen molar-refractivity contribution < 1.29 is 0 Å². The van der Waals surface area contributed by atoms with Crippen molar-refractivity contribution in [1.29, 1.82) is 0 Å². The van der Waals surface area contributed by atoms with E-state index in [4.69, 9.17) is 0 Å². The third kappa shape index (κ3) is 4.42. The molecule has 0 aliphatic carbocycles. The van der Waals surface area contributed by atoms with Gasteiger partial charge in [-0.15, -0.1) is 0 Å². The molecule has 1 heterocycles. The molecule has 0 aromatic carbocycles. The quantitative estimate of drug-likeness (QED) is 0.749. The van der Waals surface area contributed by atoms with Gasteiger partial charge in [-0.3, -0.25) is 0 Å². The topological polar surface area (TPSA) is 15.3 Å². The molecule has 96 valence electrons. The fourth-order valence-electron chi connectivity index (χ4n) is 2.70. The SMILES string of the molecule is CCCC(C)CN1CCNC(C(C)CC)C1. The van der Waals surface area contributed by atoms with E-state index in [9.17, 15) is 0 Å². The molecule has 0 saturated carbocycles. The minimum absolute atomic E-state index is 0.715. The van der Waals surface area contributed by atoms with E-state index in [1.165, 1.54) is 45.4 Å². The van der Waals surface area contributed by atoms with Gasteiger partial charge in [-0.05, 0) is 18.3 Å². The van der Waals surface area contributed by atoms with Crippen molar-refractivity contribution in [2.75, 3.05) is 26.2 Å².